The van der Waals surface area contributed by atoms with Crippen molar-refractivity contribution in [2.45, 2.75) is 0 Å². The molecule has 0 aliphatic heterocycles. The molecule has 2 nitrogen and oxygen atoms in total. The van der Waals surface area contributed by atoms with Crippen molar-refractivity contribution < 1.29 is 9.47 Å². The largest absolute Gasteiger partial charge is 0.482 e. The Kier molecular flexibility index (Phi) is 2.15. The van der Waals surface area contributed by atoms with Gasteiger partial charge in [0, 0.05) is 0 Å². The van der Waals surface area contributed by atoms with E-state index in [-0.39, 0.29) is 0 Å². The molecular weight excluding hydrogens is 128 g/mol. The maximum Gasteiger partial charge on any atom is 0.180 e. The maximum atomic E-state index is 4.87. The summed E-state index contributed by atoms with van der Waals surface area (Å²) in [6.07, 6.45) is 0. The molecule has 0 atom stereocenters. The zero-order chi connectivity index (χ0) is 7.40. The fourth-order valence-corrected chi connectivity index (χ4v) is 0.597. The lowest BCUT2D eigenvalue weighted by Crippen LogP contribution is -1.80. The van der Waals surface area contributed by atoms with E-state index in [4.69, 9.17) is 14.2 Å². The van der Waals surface area contributed by atoms with Crippen molar-refractivity contribution in [2.24, 2.45) is 0 Å². The van der Waals surface area contributed by atoms with E-state index in [1.54, 1.807) is 24.3 Å². The van der Waals surface area contributed by atoms with Gasteiger partial charge in [0.1, 0.15) is 11.5 Å². The van der Waals surface area contributed by atoms with Gasteiger partial charge < -0.3 is 9.47 Å². The molecule has 0 saturated carbocycles. The Morgan fingerprint density at radius 3 is 1.30 bits per heavy atom. The van der Waals surface area contributed by atoms with E-state index in [0.717, 1.165) is 0 Å². The molecule has 0 aliphatic carbocycles. The SMILES string of the molecule is [CH]Oc1ccc(O[CH])cc1. The minimum Gasteiger partial charge on any atom is -0.482 e. The van der Waals surface area contributed by atoms with E-state index in [0.29, 0.717) is 11.5 Å². The van der Waals surface area contributed by atoms with Crippen molar-refractivity contribution in [3.8, 4) is 11.5 Å². The van der Waals surface area contributed by atoms with Crippen molar-refractivity contribution in [1.29, 1.82) is 0 Å². The number of hydrogen-bond acceptors (Lipinski definition) is 2. The number of benzene rings is 1. The third-order valence-electron chi connectivity index (χ3n) is 1.10. The summed E-state index contributed by atoms with van der Waals surface area (Å²) in [5.74, 6) is 1.14. The molecule has 0 heterocycles. The molecule has 50 valence electrons. The van der Waals surface area contributed by atoms with Crippen molar-refractivity contribution in [3.63, 3.8) is 0 Å². The average Bonchev–Trinajstić information content (AvgIpc) is 2.05. The van der Waals surface area contributed by atoms with Gasteiger partial charge in [-0.3, -0.25) is 0 Å². The fourth-order valence-electron chi connectivity index (χ4n) is 0.597. The van der Waals surface area contributed by atoms with Gasteiger partial charge in [0.25, 0.3) is 0 Å². The predicted molar refractivity (Wildman–Crippen MR) is 36.3 cm³/mol. The molecule has 1 aromatic carbocycles. The van der Waals surface area contributed by atoms with Crippen LogP contribution < -0.4 is 9.47 Å². The van der Waals surface area contributed by atoms with Crippen LogP contribution in [0, 0.1) is 14.2 Å². The zero-order valence-corrected chi connectivity index (χ0v) is 5.28. The molecule has 0 amide bonds. The van der Waals surface area contributed by atoms with Crippen molar-refractivity contribution in [1.82, 2.24) is 0 Å². The maximum absolute atomic E-state index is 4.87. The first-order valence-electron chi connectivity index (χ1n) is 2.70. The third kappa shape index (κ3) is 1.41. The van der Waals surface area contributed by atoms with Crippen LogP contribution >= 0.6 is 0 Å². The van der Waals surface area contributed by atoms with Gasteiger partial charge in [-0.05, 0) is 24.3 Å². The molecule has 0 bridgehead atoms. The van der Waals surface area contributed by atoms with Crippen molar-refractivity contribution >= 4 is 0 Å². The minimum absolute atomic E-state index is 0.570. The smallest absolute Gasteiger partial charge is 0.180 e. The quantitative estimate of drug-likeness (QED) is 0.613. The second kappa shape index (κ2) is 3.11. The Balaban J connectivity index is 2.80. The third-order valence-corrected chi connectivity index (χ3v) is 1.10. The Labute approximate surface area is 60.4 Å². The first kappa shape index (κ1) is 6.93. The monoisotopic (exact) mass is 134 g/mol. The summed E-state index contributed by atoms with van der Waals surface area (Å²) in [5, 5.41) is 0. The van der Waals surface area contributed by atoms with Gasteiger partial charge in [-0.15, -0.1) is 0 Å². The summed E-state index contributed by atoms with van der Waals surface area (Å²) in [7, 11) is 9.74. The highest BCUT2D eigenvalue weighted by Crippen LogP contribution is 2.16. The summed E-state index contributed by atoms with van der Waals surface area (Å²) in [6.45, 7) is 0. The highest BCUT2D eigenvalue weighted by Gasteiger charge is 1.90. The molecule has 10 heavy (non-hydrogen) atoms. The van der Waals surface area contributed by atoms with Crippen LogP contribution in [0.5, 0.6) is 11.5 Å². The fraction of sp³-hybridized carbons (Fsp3) is 0. The molecule has 0 spiro atoms. The molecule has 1 aromatic rings. The number of hydrogen-bond donors (Lipinski definition) is 0. The van der Waals surface area contributed by atoms with Crippen molar-refractivity contribution in [3.05, 3.63) is 38.5 Å². The second-order valence-electron chi connectivity index (χ2n) is 1.71. The normalized spacial score (nSPS) is 9.00. The summed E-state index contributed by atoms with van der Waals surface area (Å²) in [5.41, 5.74) is 0. The Morgan fingerprint density at radius 1 is 0.800 bits per heavy atom. The van der Waals surface area contributed by atoms with Crippen LogP contribution in [0.15, 0.2) is 24.3 Å². The van der Waals surface area contributed by atoms with E-state index in [1.807, 2.05) is 0 Å². The molecule has 0 saturated heterocycles. The van der Waals surface area contributed by atoms with Crippen LogP contribution in [0.25, 0.3) is 0 Å². The van der Waals surface area contributed by atoms with E-state index < -0.39 is 0 Å². The summed E-state index contributed by atoms with van der Waals surface area (Å²) in [4.78, 5) is 0. The standard InChI is InChI=1S/C8H6O2/c1-9-7-3-5-8(10-2)6-4-7/h1-6H. The van der Waals surface area contributed by atoms with Gasteiger partial charge in [0.15, 0.2) is 14.2 Å². The van der Waals surface area contributed by atoms with Gasteiger partial charge in [-0.25, -0.2) is 0 Å². The molecule has 0 fully saturated rings. The molecule has 0 aliphatic rings. The van der Waals surface area contributed by atoms with Gasteiger partial charge >= 0.3 is 0 Å². The first-order chi connectivity index (χ1) is 4.86. The Bertz CT molecular complexity index is 168. The lowest BCUT2D eigenvalue weighted by atomic mass is 10.3. The van der Waals surface area contributed by atoms with Crippen molar-refractivity contribution in [2.75, 3.05) is 0 Å². The topological polar surface area (TPSA) is 18.5 Å². The molecule has 0 N–H and O–H groups in total. The highest BCUT2D eigenvalue weighted by atomic mass is 16.5. The van der Waals surface area contributed by atoms with E-state index >= 15 is 0 Å². The molecule has 2 heteroatoms. The van der Waals surface area contributed by atoms with Gasteiger partial charge in [-0.2, -0.15) is 0 Å². The summed E-state index contributed by atoms with van der Waals surface area (Å²) >= 11 is 0. The van der Waals surface area contributed by atoms with Gasteiger partial charge in [-0.1, -0.05) is 0 Å². The molecule has 1 rings (SSSR count). The van der Waals surface area contributed by atoms with E-state index in [2.05, 4.69) is 9.47 Å². The van der Waals surface area contributed by atoms with Gasteiger partial charge in [0.2, 0.25) is 0 Å². The molecular formula is C8H6O2. The molecule has 0 unspecified atom stereocenters. The van der Waals surface area contributed by atoms with Crippen LogP contribution in [0.2, 0.25) is 0 Å². The van der Waals surface area contributed by atoms with E-state index in [1.165, 1.54) is 0 Å². The van der Waals surface area contributed by atoms with Crippen LogP contribution in [-0.4, -0.2) is 0 Å². The van der Waals surface area contributed by atoms with Crippen LogP contribution in [0.1, 0.15) is 0 Å². The van der Waals surface area contributed by atoms with Crippen LogP contribution in [0.4, 0.5) is 0 Å². The average molecular weight is 134 g/mol. The molecule has 0 aromatic heterocycles. The molecule has 4 radical (unpaired) electrons. The minimum atomic E-state index is 0.570. The zero-order valence-electron chi connectivity index (χ0n) is 5.28. The van der Waals surface area contributed by atoms with E-state index in [9.17, 15) is 0 Å². The van der Waals surface area contributed by atoms with Gasteiger partial charge in [0.05, 0.1) is 0 Å². The highest BCUT2D eigenvalue weighted by molar-refractivity contribution is 5.31. The Morgan fingerprint density at radius 2 is 1.10 bits per heavy atom. The lowest BCUT2D eigenvalue weighted by molar-refractivity contribution is 0.460. The Hall–Kier alpha value is -1.18. The first-order valence-corrected chi connectivity index (χ1v) is 2.70. The lowest BCUT2D eigenvalue weighted by Gasteiger charge is -1.99. The summed E-state index contributed by atoms with van der Waals surface area (Å²) < 4.78 is 8.83. The number of rotatable bonds is 2. The number of ether oxygens (including phenoxy) is 2. The predicted octanol–water partition coefficient (Wildman–Crippen LogP) is 1.78. The van der Waals surface area contributed by atoms with Crippen LogP contribution in [-0.2, 0) is 0 Å². The summed E-state index contributed by atoms with van der Waals surface area (Å²) in [6, 6.07) is 6.62. The second-order valence-corrected chi connectivity index (χ2v) is 1.71. The van der Waals surface area contributed by atoms with Crippen LogP contribution in [0.3, 0.4) is 0 Å².